The van der Waals surface area contributed by atoms with Crippen molar-refractivity contribution in [2.24, 2.45) is 5.73 Å². The number of hydrogen-bond donors (Lipinski definition) is 2. The molecule has 0 aromatic heterocycles. The maximum Gasteiger partial charge on any atom is 0.0557 e. The van der Waals surface area contributed by atoms with E-state index in [-0.39, 0.29) is 6.04 Å². The normalized spacial score (nSPS) is 12.3. The Kier molecular flexibility index (Phi) is 3.91. The van der Waals surface area contributed by atoms with Crippen molar-refractivity contribution in [1.29, 1.82) is 0 Å². The minimum Gasteiger partial charge on any atom is -0.388 e. The minimum absolute atomic E-state index is 0.0751. The number of aryl methyl sites for hydroxylation is 3. The molecule has 0 aliphatic rings. The Balaban J connectivity index is 2.46. The van der Waals surface area contributed by atoms with Crippen molar-refractivity contribution >= 4 is 5.69 Å². The molecule has 0 aliphatic heterocycles. The number of rotatable bonds is 3. The summed E-state index contributed by atoms with van der Waals surface area (Å²) in [5.74, 6) is 0. The van der Waals surface area contributed by atoms with Gasteiger partial charge < -0.3 is 11.1 Å². The molecule has 0 aliphatic carbocycles. The summed E-state index contributed by atoms with van der Waals surface area (Å²) in [7, 11) is 1.92. The van der Waals surface area contributed by atoms with Gasteiger partial charge in [0.05, 0.1) is 6.04 Å². The van der Waals surface area contributed by atoms with Gasteiger partial charge in [0.15, 0.2) is 0 Å². The number of nitrogens with one attached hydrogen (secondary N) is 1. The third-order valence-corrected chi connectivity index (χ3v) is 3.58. The van der Waals surface area contributed by atoms with Crippen LogP contribution in [-0.2, 0) is 0 Å². The Bertz CT molecular complexity index is 565. The molecule has 0 saturated carbocycles. The Morgan fingerprint density at radius 2 is 1.63 bits per heavy atom. The average molecular weight is 254 g/mol. The Labute approximate surface area is 115 Å². The Morgan fingerprint density at radius 3 is 2.21 bits per heavy atom. The molecule has 2 aromatic rings. The number of anilines is 1. The number of nitrogens with two attached hydrogens (primary N) is 1. The summed E-state index contributed by atoms with van der Waals surface area (Å²) in [6.45, 7) is 6.39. The summed E-state index contributed by atoms with van der Waals surface area (Å²) in [5.41, 5.74) is 13.7. The van der Waals surface area contributed by atoms with E-state index in [0.717, 1.165) is 11.3 Å². The van der Waals surface area contributed by atoms with Gasteiger partial charge in [-0.1, -0.05) is 29.8 Å². The van der Waals surface area contributed by atoms with Crippen molar-refractivity contribution in [3.63, 3.8) is 0 Å². The molecular weight excluding hydrogens is 232 g/mol. The summed E-state index contributed by atoms with van der Waals surface area (Å²) in [6, 6.07) is 12.6. The summed E-state index contributed by atoms with van der Waals surface area (Å²) in [6.07, 6.45) is 0. The SMILES string of the molecule is CNc1cccc(C(N)c2c(C)cc(C)cc2C)c1. The first-order valence-corrected chi connectivity index (χ1v) is 6.64. The van der Waals surface area contributed by atoms with Crippen LogP contribution in [0.5, 0.6) is 0 Å². The molecule has 3 N–H and O–H groups in total. The molecule has 2 aromatic carbocycles. The summed E-state index contributed by atoms with van der Waals surface area (Å²) < 4.78 is 0. The predicted octanol–water partition coefficient (Wildman–Crippen LogP) is 3.70. The van der Waals surface area contributed by atoms with Gasteiger partial charge in [0.2, 0.25) is 0 Å². The third-order valence-electron chi connectivity index (χ3n) is 3.58. The molecule has 100 valence electrons. The fraction of sp³-hybridized carbons (Fsp3) is 0.294. The van der Waals surface area contributed by atoms with Crippen LogP contribution in [0.15, 0.2) is 36.4 Å². The van der Waals surface area contributed by atoms with Gasteiger partial charge in [0, 0.05) is 12.7 Å². The van der Waals surface area contributed by atoms with E-state index in [9.17, 15) is 0 Å². The highest BCUT2D eigenvalue weighted by atomic mass is 14.8. The average Bonchev–Trinajstić information content (AvgIpc) is 2.37. The summed E-state index contributed by atoms with van der Waals surface area (Å²) in [4.78, 5) is 0. The van der Waals surface area contributed by atoms with Crippen LogP contribution >= 0.6 is 0 Å². The lowest BCUT2D eigenvalue weighted by molar-refractivity contribution is 0.850. The molecule has 0 spiro atoms. The molecular formula is C17H22N2. The minimum atomic E-state index is -0.0751. The fourth-order valence-corrected chi connectivity index (χ4v) is 2.74. The van der Waals surface area contributed by atoms with Crippen molar-refractivity contribution in [2.75, 3.05) is 12.4 Å². The van der Waals surface area contributed by atoms with Gasteiger partial charge in [-0.05, 0) is 55.2 Å². The molecule has 2 heteroatoms. The first-order valence-electron chi connectivity index (χ1n) is 6.64. The molecule has 19 heavy (non-hydrogen) atoms. The van der Waals surface area contributed by atoms with Crippen LogP contribution in [-0.4, -0.2) is 7.05 Å². The molecule has 0 amide bonds. The second kappa shape index (κ2) is 5.45. The lowest BCUT2D eigenvalue weighted by Crippen LogP contribution is -2.15. The third kappa shape index (κ3) is 2.79. The number of hydrogen-bond acceptors (Lipinski definition) is 2. The highest BCUT2D eigenvalue weighted by molar-refractivity contribution is 5.50. The molecule has 0 heterocycles. The first kappa shape index (κ1) is 13.6. The van der Waals surface area contributed by atoms with E-state index in [1.165, 1.54) is 22.3 Å². The zero-order valence-electron chi connectivity index (χ0n) is 12.1. The van der Waals surface area contributed by atoms with Crippen molar-refractivity contribution in [1.82, 2.24) is 0 Å². The first-order chi connectivity index (χ1) is 9.02. The van der Waals surface area contributed by atoms with E-state index in [1.54, 1.807) is 0 Å². The van der Waals surface area contributed by atoms with Gasteiger partial charge in [0.25, 0.3) is 0 Å². The highest BCUT2D eigenvalue weighted by Crippen LogP contribution is 2.28. The van der Waals surface area contributed by atoms with Crippen LogP contribution < -0.4 is 11.1 Å². The highest BCUT2D eigenvalue weighted by Gasteiger charge is 2.14. The van der Waals surface area contributed by atoms with Crippen molar-refractivity contribution in [3.05, 3.63) is 64.2 Å². The quantitative estimate of drug-likeness (QED) is 0.876. The van der Waals surface area contributed by atoms with E-state index in [2.05, 4.69) is 50.4 Å². The van der Waals surface area contributed by atoms with Gasteiger partial charge in [-0.25, -0.2) is 0 Å². The maximum absolute atomic E-state index is 6.46. The van der Waals surface area contributed by atoms with E-state index in [0.29, 0.717) is 0 Å². The lowest BCUT2D eigenvalue weighted by Gasteiger charge is -2.19. The molecule has 0 radical (unpaired) electrons. The van der Waals surface area contributed by atoms with E-state index < -0.39 is 0 Å². The largest absolute Gasteiger partial charge is 0.388 e. The van der Waals surface area contributed by atoms with Gasteiger partial charge in [0.1, 0.15) is 0 Å². The van der Waals surface area contributed by atoms with E-state index >= 15 is 0 Å². The Hall–Kier alpha value is -1.80. The van der Waals surface area contributed by atoms with Crippen LogP contribution in [0.4, 0.5) is 5.69 Å². The van der Waals surface area contributed by atoms with Gasteiger partial charge in [-0.15, -0.1) is 0 Å². The zero-order chi connectivity index (χ0) is 14.0. The maximum atomic E-state index is 6.46. The van der Waals surface area contributed by atoms with Crippen LogP contribution in [0.2, 0.25) is 0 Å². The van der Waals surface area contributed by atoms with Gasteiger partial charge >= 0.3 is 0 Å². The fourth-order valence-electron chi connectivity index (χ4n) is 2.74. The molecule has 1 unspecified atom stereocenters. The van der Waals surface area contributed by atoms with Crippen molar-refractivity contribution in [2.45, 2.75) is 26.8 Å². The molecule has 2 nitrogen and oxygen atoms in total. The second-order valence-electron chi connectivity index (χ2n) is 5.17. The molecule has 0 bridgehead atoms. The van der Waals surface area contributed by atoms with Gasteiger partial charge in [-0.2, -0.15) is 0 Å². The van der Waals surface area contributed by atoms with Crippen LogP contribution in [0.25, 0.3) is 0 Å². The molecule has 0 fully saturated rings. The van der Waals surface area contributed by atoms with Crippen molar-refractivity contribution < 1.29 is 0 Å². The predicted molar refractivity (Wildman–Crippen MR) is 82.7 cm³/mol. The zero-order valence-corrected chi connectivity index (χ0v) is 12.1. The lowest BCUT2D eigenvalue weighted by atomic mass is 9.90. The van der Waals surface area contributed by atoms with Crippen LogP contribution in [0.1, 0.15) is 33.9 Å². The molecule has 0 saturated heterocycles. The van der Waals surface area contributed by atoms with Crippen LogP contribution in [0, 0.1) is 20.8 Å². The smallest absolute Gasteiger partial charge is 0.0557 e. The Morgan fingerprint density at radius 1 is 1.00 bits per heavy atom. The second-order valence-corrected chi connectivity index (χ2v) is 5.17. The molecule has 1 atom stereocenters. The van der Waals surface area contributed by atoms with E-state index in [1.807, 2.05) is 19.2 Å². The van der Waals surface area contributed by atoms with Gasteiger partial charge in [-0.3, -0.25) is 0 Å². The van der Waals surface area contributed by atoms with Crippen LogP contribution in [0.3, 0.4) is 0 Å². The molecule has 2 rings (SSSR count). The summed E-state index contributed by atoms with van der Waals surface area (Å²) >= 11 is 0. The standard InChI is InChI=1S/C17H22N2/c1-11-8-12(2)16(13(3)9-11)17(18)14-6-5-7-15(10-14)19-4/h5-10,17,19H,18H2,1-4H3. The monoisotopic (exact) mass is 254 g/mol. The van der Waals surface area contributed by atoms with Crippen molar-refractivity contribution in [3.8, 4) is 0 Å². The topological polar surface area (TPSA) is 38.0 Å². The number of benzene rings is 2. The van der Waals surface area contributed by atoms with E-state index in [4.69, 9.17) is 5.73 Å². The summed E-state index contributed by atoms with van der Waals surface area (Å²) in [5, 5.41) is 3.16.